The largest absolute Gasteiger partial charge is 0.323 e. The molecule has 0 radical (unpaired) electrons. The second-order valence-corrected chi connectivity index (χ2v) is 10.8. The van der Waals surface area contributed by atoms with Crippen LogP contribution in [0.1, 0.15) is 50.0 Å². The highest BCUT2D eigenvalue weighted by atomic mass is 32.2. The van der Waals surface area contributed by atoms with E-state index in [-0.39, 0.29) is 16.9 Å². The van der Waals surface area contributed by atoms with Crippen molar-refractivity contribution in [3.8, 4) is 0 Å². The molecule has 1 N–H and O–H groups in total. The average molecular weight is 452 g/mol. The summed E-state index contributed by atoms with van der Waals surface area (Å²) in [7, 11) is -4.08. The number of anilines is 1. The van der Waals surface area contributed by atoms with E-state index in [1.165, 1.54) is 19.3 Å². The lowest BCUT2D eigenvalue weighted by molar-refractivity contribution is -0.113. The Kier molecular flexibility index (Phi) is 5.66. The highest BCUT2D eigenvalue weighted by Gasteiger charge is 2.43. The summed E-state index contributed by atoms with van der Waals surface area (Å²) in [5, 5.41) is 2.10. The predicted octanol–water partition coefficient (Wildman–Crippen LogP) is 4.19. The van der Waals surface area contributed by atoms with Gasteiger partial charge in [-0.3, -0.25) is 4.79 Å². The molecule has 2 aliphatic rings. The summed E-state index contributed by atoms with van der Waals surface area (Å²) >= 11 is 0. The van der Waals surface area contributed by atoms with Crippen molar-refractivity contribution in [1.29, 1.82) is 0 Å². The number of aromatic nitrogens is 2. The number of carbonyl (C=O) groups is 1. The Hall–Kier alpha value is -2.29. The van der Waals surface area contributed by atoms with Crippen molar-refractivity contribution in [2.24, 2.45) is 17.8 Å². The number of halogens is 2. The fourth-order valence-corrected chi connectivity index (χ4v) is 6.81. The highest BCUT2D eigenvalue weighted by molar-refractivity contribution is 7.92. The van der Waals surface area contributed by atoms with Gasteiger partial charge in [0.1, 0.15) is 17.4 Å². The molecule has 0 unspecified atom stereocenters. The topological polar surface area (TPSA) is 81.1 Å². The van der Waals surface area contributed by atoms with Gasteiger partial charge in [-0.15, -0.1) is 0 Å². The Morgan fingerprint density at radius 2 is 2.00 bits per heavy atom. The van der Waals surface area contributed by atoms with E-state index in [0.717, 1.165) is 30.2 Å². The van der Waals surface area contributed by atoms with Crippen LogP contribution in [0, 0.1) is 43.2 Å². The van der Waals surface area contributed by atoms with Crippen molar-refractivity contribution in [2.45, 2.75) is 57.7 Å². The number of imidazole rings is 1. The molecule has 2 bridgehead atoms. The van der Waals surface area contributed by atoms with Gasteiger partial charge in [0, 0.05) is 17.8 Å². The van der Waals surface area contributed by atoms with Gasteiger partial charge in [0.15, 0.2) is 0 Å². The summed E-state index contributed by atoms with van der Waals surface area (Å²) in [4.78, 5) is 16.7. The maximum atomic E-state index is 13.8. The van der Waals surface area contributed by atoms with Crippen molar-refractivity contribution in [3.63, 3.8) is 0 Å². The number of fused-ring (bicyclic) bond motifs is 2. The Bertz CT molecular complexity index is 1130. The maximum absolute atomic E-state index is 13.8. The molecule has 1 amide bonds. The molecule has 6 nitrogen and oxygen atoms in total. The molecule has 0 saturated heterocycles. The molecule has 1 aromatic heterocycles. The van der Waals surface area contributed by atoms with E-state index < -0.39 is 33.1 Å². The molecule has 9 heteroatoms. The second kappa shape index (κ2) is 8.00. The molecule has 2 fully saturated rings. The molecule has 4 atom stereocenters. The number of aryl methyl sites for hydroxylation is 1. The van der Waals surface area contributed by atoms with Gasteiger partial charge < -0.3 is 9.88 Å². The van der Waals surface area contributed by atoms with Crippen LogP contribution in [-0.4, -0.2) is 29.6 Å². The third-order valence-electron chi connectivity index (χ3n) is 6.98. The summed E-state index contributed by atoms with van der Waals surface area (Å²) in [6.45, 7) is 5.64. The van der Waals surface area contributed by atoms with Crippen LogP contribution in [0.4, 0.5) is 14.5 Å². The number of carbonyl (C=O) groups excluding carboxylic acids is 1. The normalized spacial score (nSPS) is 23.8. The summed E-state index contributed by atoms with van der Waals surface area (Å²) < 4.78 is 54.9. The zero-order valence-electron chi connectivity index (χ0n) is 17.9. The molecule has 4 rings (SSSR count). The van der Waals surface area contributed by atoms with E-state index in [2.05, 4.69) is 10.3 Å². The quantitative estimate of drug-likeness (QED) is 0.714. The Morgan fingerprint density at radius 3 is 2.61 bits per heavy atom. The van der Waals surface area contributed by atoms with Crippen molar-refractivity contribution < 1.29 is 22.0 Å². The Morgan fingerprint density at radius 1 is 1.26 bits per heavy atom. The van der Waals surface area contributed by atoms with Crippen LogP contribution >= 0.6 is 0 Å². The number of hydrogen-bond donors (Lipinski definition) is 1. The zero-order chi connectivity index (χ0) is 22.5. The third kappa shape index (κ3) is 4.12. The zero-order valence-corrected chi connectivity index (χ0v) is 18.7. The Labute approximate surface area is 181 Å². The van der Waals surface area contributed by atoms with Gasteiger partial charge in [-0.25, -0.2) is 22.2 Å². The molecule has 2 aliphatic carbocycles. The first-order chi connectivity index (χ1) is 14.6. The van der Waals surface area contributed by atoms with Crippen molar-refractivity contribution >= 4 is 21.4 Å². The van der Waals surface area contributed by atoms with Gasteiger partial charge in [-0.05, 0) is 69.9 Å². The second-order valence-electron chi connectivity index (χ2n) is 8.95. The van der Waals surface area contributed by atoms with Gasteiger partial charge >= 0.3 is 0 Å². The van der Waals surface area contributed by atoms with E-state index >= 15 is 0 Å². The monoisotopic (exact) mass is 451 g/mol. The number of benzene rings is 1. The van der Waals surface area contributed by atoms with Crippen LogP contribution in [-0.2, 0) is 14.6 Å². The van der Waals surface area contributed by atoms with Crippen LogP contribution in [0.3, 0.4) is 0 Å². The minimum absolute atomic E-state index is 0.0427. The van der Waals surface area contributed by atoms with Crippen LogP contribution in [0.15, 0.2) is 23.4 Å². The number of nitrogens with one attached hydrogen (secondary N) is 1. The lowest BCUT2D eigenvalue weighted by Gasteiger charge is -2.30. The predicted molar refractivity (Wildman–Crippen MR) is 112 cm³/mol. The highest BCUT2D eigenvalue weighted by Crippen LogP contribution is 2.52. The van der Waals surface area contributed by atoms with Crippen molar-refractivity contribution in [1.82, 2.24) is 9.55 Å². The van der Waals surface area contributed by atoms with Gasteiger partial charge in [0.05, 0.1) is 11.4 Å². The van der Waals surface area contributed by atoms with E-state index in [1.54, 1.807) is 11.5 Å². The SMILES string of the molecule is Cc1nc(S(=O)(=O)CC(=O)Nc2ccc(F)cc2F)n([C@H](C)[C@@H]2C[C@H]3CC[C@H]2C3)c1C. The van der Waals surface area contributed by atoms with Crippen molar-refractivity contribution in [3.05, 3.63) is 41.2 Å². The molecule has 168 valence electrons. The molecular formula is C22H27F2N3O3S. The molecule has 2 aromatic rings. The van der Waals surface area contributed by atoms with E-state index in [1.807, 2.05) is 13.8 Å². The molecule has 2 saturated carbocycles. The number of sulfone groups is 1. The van der Waals surface area contributed by atoms with Crippen LogP contribution in [0.2, 0.25) is 0 Å². The van der Waals surface area contributed by atoms with Crippen molar-refractivity contribution in [2.75, 3.05) is 11.1 Å². The van der Waals surface area contributed by atoms with Crippen LogP contribution in [0.25, 0.3) is 0 Å². The van der Waals surface area contributed by atoms with Gasteiger partial charge in [-0.2, -0.15) is 0 Å². The lowest BCUT2D eigenvalue weighted by Crippen LogP contribution is -2.29. The standard InChI is InChI=1S/C22H27F2N3O3S/c1-12-13(2)27(14(3)18-9-15-4-5-16(18)8-15)22(25-12)31(29,30)11-21(28)26-20-7-6-17(23)10-19(20)24/h6-7,10,14-16,18H,4-5,8-9,11H2,1-3H3,(H,26,28)/t14-,15+,16+,18+/m1/s1. The number of hydrogen-bond acceptors (Lipinski definition) is 4. The van der Waals surface area contributed by atoms with E-state index in [0.29, 0.717) is 23.6 Å². The molecule has 1 aromatic carbocycles. The molecule has 0 aliphatic heterocycles. The van der Waals surface area contributed by atoms with Gasteiger partial charge in [-0.1, -0.05) is 6.42 Å². The summed E-state index contributed by atoms with van der Waals surface area (Å²) in [6, 6.07) is 2.63. The molecule has 31 heavy (non-hydrogen) atoms. The lowest BCUT2D eigenvalue weighted by atomic mass is 9.84. The van der Waals surface area contributed by atoms with Crippen LogP contribution < -0.4 is 5.32 Å². The average Bonchev–Trinajstić information content (AvgIpc) is 3.39. The fourth-order valence-electron chi connectivity index (χ4n) is 5.39. The number of amides is 1. The van der Waals surface area contributed by atoms with Gasteiger partial charge in [0.2, 0.25) is 20.9 Å². The first-order valence-corrected chi connectivity index (χ1v) is 12.2. The molecule has 0 spiro atoms. The summed E-state index contributed by atoms with van der Waals surface area (Å²) in [5.74, 6) is -1.82. The minimum Gasteiger partial charge on any atom is -0.323 e. The summed E-state index contributed by atoms with van der Waals surface area (Å²) in [5.41, 5.74) is 1.12. The first kappa shape index (κ1) is 21.9. The smallest absolute Gasteiger partial charge is 0.240 e. The number of rotatable bonds is 6. The summed E-state index contributed by atoms with van der Waals surface area (Å²) in [6.07, 6.45) is 4.73. The molecule has 1 heterocycles. The number of nitrogens with zero attached hydrogens (tertiary/aromatic N) is 2. The van der Waals surface area contributed by atoms with Crippen LogP contribution in [0.5, 0.6) is 0 Å². The van der Waals surface area contributed by atoms with E-state index in [4.69, 9.17) is 0 Å². The maximum Gasteiger partial charge on any atom is 0.240 e. The van der Waals surface area contributed by atoms with Gasteiger partial charge in [0.25, 0.3) is 0 Å². The fraction of sp³-hybridized carbons (Fsp3) is 0.545. The minimum atomic E-state index is -4.08. The van der Waals surface area contributed by atoms with E-state index in [9.17, 15) is 22.0 Å². The first-order valence-electron chi connectivity index (χ1n) is 10.6. The Balaban J connectivity index is 1.58. The third-order valence-corrected chi connectivity index (χ3v) is 8.47. The molecular weight excluding hydrogens is 424 g/mol.